The number of carbonyl (C=O) groups is 1. The number of fused-ring (bicyclic) bond motifs is 7. The minimum Gasteiger partial charge on any atom is -0.334 e. The Bertz CT molecular complexity index is 1720. The molecule has 0 N–H and O–H groups in total. The average molecular weight is 458 g/mol. The number of amides is 1. The molecule has 3 aromatic carbocycles. The van der Waals surface area contributed by atoms with Gasteiger partial charge in [0, 0.05) is 41.8 Å². The van der Waals surface area contributed by atoms with E-state index in [4.69, 9.17) is 9.97 Å². The molecule has 0 aliphatic rings. The van der Waals surface area contributed by atoms with Crippen LogP contribution in [0.1, 0.15) is 29.3 Å². The third-order valence-electron chi connectivity index (χ3n) is 6.26. The van der Waals surface area contributed by atoms with E-state index >= 15 is 0 Å². The van der Waals surface area contributed by atoms with Gasteiger partial charge >= 0.3 is 0 Å². The van der Waals surface area contributed by atoms with Crippen molar-refractivity contribution in [2.45, 2.75) is 19.9 Å². The molecule has 0 aliphatic heterocycles. The Labute approximate surface area is 202 Å². The lowest BCUT2D eigenvalue weighted by molar-refractivity contribution is 0.0743. The first-order chi connectivity index (χ1) is 17.2. The minimum absolute atomic E-state index is 0.00580. The Hall–Kier alpha value is -4.45. The van der Waals surface area contributed by atoms with Crippen LogP contribution in [0.4, 0.5) is 0 Å². The predicted octanol–water partition coefficient (Wildman–Crippen LogP) is 5.93. The van der Waals surface area contributed by atoms with Crippen molar-refractivity contribution in [2.24, 2.45) is 0 Å². The molecule has 0 spiro atoms. The largest absolute Gasteiger partial charge is 0.334 e. The summed E-state index contributed by atoms with van der Waals surface area (Å²) in [4.78, 5) is 34.5. The van der Waals surface area contributed by atoms with Gasteiger partial charge in [0.25, 0.3) is 5.91 Å². The van der Waals surface area contributed by atoms with E-state index in [2.05, 4.69) is 16.9 Å². The first-order valence-electron chi connectivity index (χ1n) is 11.8. The molecular weight excluding hydrogens is 434 g/mol. The Balaban J connectivity index is 1.49. The van der Waals surface area contributed by atoms with Gasteiger partial charge in [0.15, 0.2) is 0 Å². The third-order valence-corrected chi connectivity index (χ3v) is 6.26. The molecule has 170 valence electrons. The molecule has 0 atom stereocenters. The first-order valence-corrected chi connectivity index (χ1v) is 11.8. The molecule has 3 aromatic heterocycles. The van der Waals surface area contributed by atoms with Gasteiger partial charge in [-0.25, -0.2) is 9.97 Å². The van der Waals surface area contributed by atoms with Crippen LogP contribution in [-0.2, 0) is 6.54 Å². The fourth-order valence-electron chi connectivity index (χ4n) is 4.64. The summed E-state index contributed by atoms with van der Waals surface area (Å²) in [6, 6.07) is 23.5. The molecule has 0 radical (unpaired) electrons. The number of carbonyl (C=O) groups excluding carboxylic acids is 1. The lowest BCUT2D eigenvalue weighted by Crippen LogP contribution is -2.31. The summed E-state index contributed by atoms with van der Waals surface area (Å²) in [5, 5.41) is 1.82. The van der Waals surface area contributed by atoms with Gasteiger partial charge < -0.3 is 4.90 Å². The van der Waals surface area contributed by atoms with Crippen LogP contribution in [0.5, 0.6) is 0 Å². The zero-order valence-electron chi connectivity index (χ0n) is 19.3. The zero-order valence-corrected chi connectivity index (χ0v) is 19.3. The van der Waals surface area contributed by atoms with Crippen LogP contribution in [0.25, 0.3) is 43.9 Å². The standard InChI is InChI=1S/C29H23N5O/c1-2-16-34(18-19-8-4-3-5-9-19)29(35)20-12-13-23-24(17-20)33-28-22-11-7-15-31-26(22)25-21(27(28)32-23)10-6-14-30-25/h3-15,17H,2,16,18H2,1H3. The Morgan fingerprint density at radius 1 is 0.743 bits per heavy atom. The van der Waals surface area contributed by atoms with Gasteiger partial charge in [-0.05, 0) is 54.4 Å². The highest BCUT2D eigenvalue weighted by atomic mass is 16.2. The summed E-state index contributed by atoms with van der Waals surface area (Å²) in [7, 11) is 0. The van der Waals surface area contributed by atoms with Crippen LogP contribution in [0.3, 0.4) is 0 Å². The molecule has 6 aromatic rings. The van der Waals surface area contributed by atoms with Crippen molar-refractivity contribution in [1.29, 1.82) is 0 Å². The van der Waals surface area contributed by atoms with Crippen LogP contribution in [0, 0.1) is 0 Å². The van der Waals surface area contributed by atoms with Crippen molar-refractivity contribution in [3.8, 4) is 0 Å². The Morgan fingerprint density at radius 2 is 1.40 bits per heavy atom. The molecule has 0 saturated heterocycles. The van der Waals surface area contributed by atoms with Crippen LogP contribution in [-0.4, -0.2) is 37.3 Å². The summed E-state index contributed by atoms with van der Waals surface area (Å²) >= 11 is 0. The van der Waals surface area contributed by atoms with E-state index < -0.39 is 0 Å². The number of rotatable bonds is 5. The highest BCUT2D eigenvalue weighted by Crippen LogP contribution is 2.32. The summed E-state index contributed by atoms with van der Waals surface area (Å²) in [6.45, 7) is 3.34. The molecule has 3 heterocycles. The Morgan fingerprint density at radius 3 is 2.06 bits per heavy atom. The van der Waals surface area contributed by atoms with Gasteiger partial charge in [-0.1, -0.05) is 37.3 Å². The van der Waals surface area contributed by atoms with Crippen molar-refractivity contribution in [1.82, 2.24) is 24.8 Å². The molecule has 0 unspecified atom stereocenters. The van der Waals surface area contributed by atoms with Gasteiger partial charge in [-0.2, -0.15) is 0 Å². The molecule has 35 heavy (non-hydrogen) atoms. The van der Waals surface area contributed by atoms with Crippen LogP contribution < -0.4 is 0 Å². The number of pyridine rings is 2. The maximum absolute atomic E-state index is 13.5. The summed E-state index contributed by atoms with van der Waals surface area (Å²) in [5.41, 5.74) is 6.32. The van der Waals surface area contributed by atoms with E-state index in [0.717, 1.165) is 50.3 Å². The quantitative estimate of drug-likeness (QED) is 0.237. The third kappa shape index (κ3) is 3.73. The molecule has 6 heteroatoms. The van der Waals surface area contributed by atoms with E-state index in [1.807, 2.05) is 77.7 Å². The molecule has 1 amide bonds. The summed E-state index contributed by atoms with van der Waals surface area (Å²) < 4.78 is 0. The average Bonchev–Trinajstić information content (AvgIpc) is 2.92. The highest BCUT2D eigenvalue weighted by molar-refractivity contribution is 6.21. The van der Waals surface area contributed by atoms with Gasteiger partial charge in [0.1, 0.15) is 0 Å². The van der Waals surface area contributed by atoms with E-state index in [-0.39, 0.29) is 5.91 Å². The maximum atomic E-state index is 13.5. The number of aromatic nitrogens is 4. The lowest BCUT2D eigenvalue weighted by atomic mass is 10.1. The maximum Gasteiger partial charge on any atom is 0.254 e. The van der Waals surface area contributed by atoms with Crippen molar-refractivity contribution >= 4 is 49.8 Å². The highest BCUT2D eigenvalue weighted by Gasteiger charge is 2.18. The van der Waals surface area contributed by atoms with Gasteiger partial charge in [-0.3, -0.25) is 14.8 Å². The van der Waals surface area contributed by atoms with Crippen molar-refractivity contribution in [2.75, 3.05) is 6.54 Å². The van der Waals surface area contributed by atoms with E-state index in [0.29, 0.717) is 24.2 Å². The first kappa shape index (κ1) is 21.1. The normalized spacial score (nSPS) is 11.5. The van der Waals surface area contributed by atoms with Crippen LogP contribution in [0.2, 0.25) is 0 Å². The molecular formula is C29H23N5O. The monoisotopic (exact) mass is 457 g/mol. The van der Waals surface area contributed by atoms with E-state index in [1.165, 1.54) is 0 Å². The fraction of sp³-hybridized carbons (Fsp3) is 0.138. The SMILES string of the molecule is CCCN(Cc1ccccc1)C(=O)c1ccc2nc3c4cccnc4c4ncccc4c3nc2c1. The van der Waals surface area contributed by atoms with Gasteiger partial charge in [0.2, 0.25) is 0 Å². The minimum atomic E-state index is -0.00580. The second kappa shape index (κ2) is 8.72. The molecule has 6 rings (SSSR count). The topological polar surface area (TPSA) is 71.9 Å². The van der Waals surface area contributed by atoms with Gasteiger partial charge in [0.05, 0.1) is 33.1 Å². The second-order valence-corrected chi connectivity index (χ2v) is 8.64. The van der Waals surface area contributed by atoms with Crippen molar-refractivity contribution < 1.29 is 4.79 Å². The van der Waals surface area contributed by atoms with Crippen molar-refractivity contribution in [3.05, 3.63) is 96.3 Å². The molecule has 0 bridgehead atoms. The van der Waals surface area contributed by atoms with Crippen LogP contribution >= 0.6 is 0 Å². The Kier molecular flexibility index (Phi) is 5.26. The number of hydrogen-bond acceptors (Lipinski definition) is 5. The second-order valence-electron chi connectivity index (χ2n) is 8.64. The van der Waals surface area contributed by atoms with Crippen molar-refractivity contribution in [3.63, 3.8) is 0 Å². The lowest BCUT2D eigenvalue weighted by Gasteiger charge is -2.22. The summed E-state index contributed by atoms with van der Waals surface area (Å²) in [6.07, 6.45) is 4.42. The molecule has 6 nitrogen and oxygen atoms in total. The predicted molar refractivity (Wildman–Crippen MR) is 139 cm³/mol. The molecule has 0 saturated carbocycles. The van der Waals surface area contributed by atoms with Crippen LogP contribution in [0.15, 0.2) is 85.2 Å². The molecule has 0 fully saturated rings. The van der Waals surface area contributed by atoms with E-state index in [9.17, 15) is 4.79 Å². The number of benzene rings is 3. The van der Waals surface area contributed by atoms with Gasteiger partial charge in [-0.15, -0.1) is 0 Å². The summed E-state index contributed by atoms with van der Waals surface area (Å²) in [5.74, 6) is -0.00580. The smallest absolute Gasteiger partial charge is 0.254 e. The number of nitrogens with zero attached hydrogens (tertiary/aromatic N) is 5. The fourth-order valence-corrected chi connectivity index (χ4v) is 4.64. The zero-order chi connectivity index (χ0) is 23.8. The number of hydrogen-bond donors (Lipinski definition) is 0. The molecule has 0 aliphatic carbocycles. The van der Waals surface area contributed by atoms with E-state index in [1.54, 1.807) is 12.4 Å².